The number of rotatable bonds is 8. The van der Waals surface area contributed by atoms with Gasteiger partial charge in [-0.25, -0.2) is 4.98 Å². The van der Waals surface area contributed by atoms with Gasteiger partial charge in [0.15, 0.2) is 0 Å². The van der Waals surface area contributed by atoms with Crippen LogP contribution in [0.3, 0.4) is 0 Å². The number of halogens is 3. The summed E-state index contributed by atoms with van der Waals surface area (Å²) in [6.45, 7) is 1.07. The number of benzene rings is 2. The molecule has 2 aromatic carbocycles. The van der Waals surface area contributed by atoms with Crippen molar-refractivity contribution in [2.75, 3.05) is 31.5 Å². The molecule has 0 saturated carbocycles. The van der Waals surface area contributed by atoms with Gasteiger partial charge in [-0.05, 0) is 79.5 Å². The average molecular weight is 504 g/mol. The number of aromatic hydroxyl groups is 1. The fourth-order valence-electron chi connectivity index (χ4n) is 3.82. The summed E-state index contributed by atoms with van der Waals surface area (Å²) >= 11 is 3.45. The molecule has 0 bridgehead atoms. The van der Waals surface area contributed by atoms with E-state index in [4.69, 9.17) is 4.98 Å². The van der Waals surface area contributed by atoms with Crippen LogP contribution >= 0.6 is 15.9 Å². The smallest absolute Gasteiger partial charge is 0.387 e. The topological polar surface area (TPSA) is 57.6 Å². The standard InChI is InChI=1S/C24H24BrF2N3O2/c25-18-5-8-22(31)20(15-18)21-13-17(16-3-6-19(7-4-16)32-24(26)27)14-23(29-21)28-9-12-30-10-1-2-11-30/h3-8,13-15,24,31H,1-2,9-12H2,(H,28,29). The van der Waals surface area contributed by atoms with Crippen LogP contribution in [-0.4, -0.2) is 47.8 Å². The summed E-state index contributed by atoms with van der Waals surface area (Å²) in [6.07, 6.45) is 2.48. The molecule has 4 rings (SSSR count). The van der Waals surface area contributed by atoms with Gasteiger partial charge < -0.3 is 20.1 Å². The van der Waals surface area contributed by atoms with Crippen molar-refractivity contribution in [1.82, 2.24) is 9.88 Å². The zero-order valence-electron chi connectivity index (χ0n) is 17.4. The first-order valence-corrected chi connectivity index (χ1v) is 11.3. The minimum atomic E-state index is -2.86. The van der Waals surface area contributed by atoms with Gasteiger partial charge in [0.1, 0.15) is 17.3 Å². The lowest BCUT2D eigenvalue weighted by atomic mass is 10.0. The summed E-state index contributed by atoms with van der Waals surface area (Å²) in [7, 11) is 0. The van der Waals surface area contributed by atoms with Crippen molar-refractivity contribution in [3.05, 3.63) is 59.1 Å². The van der Waals surface area contributed by atoms with Gasteiger partial charge in [0.25, 0.3) is 0 Å². The summed E-state index contributed by atoms with van der Waals surface area (Å²) in [6, 6.07) is 15.5. The second kappa shape index (κ2) is 10.3. The first kappa shape index (κ1) is 22.5. The molecule has 1 aliphatic heterocycles. The third-order valence-corrected chi connectivity index (χ3v) is 5.90. The Balaban J connectivity index is 1.64. The Morgan fingerprint density at radius 1 is 1.03 bits per heavy atom. The zero-order valence-corrected chi connectivity index (χ0v) is 19.0. The van der Waals surface area contributed by atoms with Gasteiger partial charge in [-0.15, -0.1) is 0 Å². The monoisotopic (exact) mass is 503 g/mol. The maximum absolute atomic E-state index is 12.5. The predicted octanol–water partition coefficient (Wildman–Crippen LogP) is 5.99. The lowest BCUT2D eigenvalue weighted by molar-refractivity contribution is -0.0498. The molecule has 0 spiro atoms. The molecule has 0 aliphatic carbocycles. The number of nitrogens with one attached hydrogen (secondary N) is 1. The van der Waals surface area contributed by atoms with Crippen molar-refractivity contribution in [3.8, 4) is 33.9 Å². The van der Waals surface area contributed by atoms with E-state index in [1.165, 1.54) is 25.0 Å². The number of phenols is 1. The summed E-state index contributed by atoms with van der Waals surface area (Å²) in [5, 5.41) is 13.8. The maximum atomic E-state index is 12.5. The first-order valence-electron chi connectivity index (χ1n) is 10.5. The minimum Gasteiger partial charge on any atom is -0.507 e. The van der Waals surface area contributed by atoms with Crippen LogP contribution in [-0.2, 0) is 0 Å². The number of phenolic OH excluding ortho intramolecular Hbond substituents is 1. The van der Waals surface area contributed by atoms with Crippen molar-refractivity contribution < 1.29 is 18.6 Å². The van der Waals surface area contributed by atoms with Crippen molar-refractivity contribution in [2.24, 2.45) is 0 Å². The summed E-state index contributed by atoms with van der Waals surface area (Å²) in [4.78, 5) is 7.13. The molecule has 0 radical (unpaired) electrons. The third kappa shape index (κ3) is 5.75. The number of nitrogens with zero attached hydrogens (tertiary/aromatic N) is 2. The van der Waals surface area contributed by atoms with Crippen LogP contribution in [0.15, 0.2) is 59.1 Å². The van der Waals surface area contributed by atoms with Crippen LogP contribution in [0.4, 0.5) is 14.6 Å². The molecule has 1 aliphatic rings. The van der Waals surface area contributed by atoms with E-state index in [0.29, 0.717) is 17.1 Å². The molecular weight excluding hydrogens is 480 g/mol. The maximum Gasteiger partial charge on any atom is 0.387 e. The molecule has 1 aromatic heterocycles. The highest BCUT2D eigenvalue weighted by Crippen LogP contribution is 2.34. The van der Waals surface area contributed by atoms with E-state index >= 15 is 0 Å². The van der Waals surface area contributed by atoms with E-state index < -0.39 is 6.61 Å². The summed E-state index contributed by atoms with van der Waals surface area (Å²) in [5.74, 6) is 0.914. The van der Waals surface area contributed by atoms with Gasteiger partial charge >= 0.3 is 6.61 Å². The Bertz CT molecular complexity index is 1060. The average Bonchev–Trinajstić information content (AvgIpc) is 3.29. The molecule has 0 unspecified atom stereocenters. The van der Waals surface area contributed by atoms with E-state index in [1.54, 1.807) is 24.3 Å². The van der Waals surface area contributed by atoms with Gasteiger partial charge in [0.2, 0.25) is 0 Å². The van der Waals surface area contributed by atoms with Gasteiger partial charge in [-0.3, -0.25) is 0 Å². The molecule has 32 heavy (non-hydrogen) atoms. The highest BCUT2D eigenvalue weighted by atomic mass is 79.9. The van der Waals surface area contributed by atoms with E-state index in [9.17, 15) is 13.9 Å². The molecule has 3 aromatic rings. The lowest BCUT2D eigenvalue weighted by Gasteiger charge is -2.16. The minimum absolute atomic E-state index is 0.103. The second-order valence-corrected chi connectivity index (χ2v) is 8.58. The number of alkyl halides is 2. The quantitative estimate of drug-likeness (QED) is 0.395. The molecule has 5 nitrogen and oxygen atoms in total. The van der Waals surface area contributed by atoms with Crippen molar-refractivity contribution >= 4 is 21.7 Å². The number of likely N-dealkylation sites (tertiary alicyclic amines) is 1. The highest BCUT2D eigenvalue weighted by Gasteiger charge is 2.13. The Hall–Kier alpha value is -2.71. The third-order valence-electron chi connectivity index (χ3n) is 5.41. The van der Waals surface area contributed by atoms with E-state index in [0.717, 1.165) is 41.8 Å². The largest absolute Gasteiger partial charge is 0.507 e. The highest BCUT2D eigenvalue weighted by molar-refractivity contribution is 9.10. The Morgan fingerprint density at radius 2 is 1.78 bits per heavy atom. The van der Waals surface area contributed by atoms with E-state index in [-0.39, 0.29) is 11.5 Å². The van der Waals surface area contributed by atoms with Crippen LogP contribution < -0.4 is 10.1 Å². The first-order chi connectivity index (χ1) is 15.5. The van der Waals surface area contributed by atoms with Gasteiger partial charge in [-0.2, -0.15) is 8.78 Å². The van der Waals surface area contributed by atoms with E-state index in [1.807, 2.05) is 18.2 Å². The summed E-state index contributed by atoms with van der Waals surface area (Å²) in [5.41, 5.74) is 2.88. The van der Waals surface area contributed by atoms with Crippen molar-refractivity contribution in [2.45, 2.75) is 19.5 Å². The fraction of sp³-hybridized carbons (Fsp3) is 0.292. The van der Waals surface area contributed by atoms with Crippen LogP contribution in [0.2, 0.25) is 0 Å². The molecule has 1 saturated heterocycles. The van der Waals surface area contributed by atoms with E-state index in [2.05, 4.69) is 30.9 Å². The molecule has 0 amide bonds. The number of pyridine rings is 1. The molecule has 8 heteroatoms. The zero-order chi connectivity index (χ0) is 22.5. The van der Waals surface area contributed by atoms with Crippen LogP contribution in [0.5, 0.6) is 11.5 Å². The van der Waals surface area contributed by atoms with Crippen molar-refractivity contribution in [1.29, 1.82) is 0 Å². The Labute approximate surface area is 194 Å². The SMILES string of the molecule is Oc1ccc(Br)cc1-c1cc(-c2ccc(OC(F)F)cc2)cc(NCCN2CCCC2)n1. The Morgan fingerprint density at radius 3 is 2.50 bits per heavy atom. The number of ether oxygens (including phenoxy) is 1. The predicted molar refractivity (Wildman–Crippen MR) is 125 cm³/mol. The van der Waals surface area contributed by atoms with Crippen LogP contribution in [0, 0.1) is 0 Å². The van der Waals surface area contributed by atoms with Gasteiger partial charge in [0, 0.05) is 23.1 Å². The molecule has 2 N–H and O–H groups in total. The van der Waals surface area contributed by atoms with Crippen LogP contribution in [0.1, 0.15) is 12.8 Å². The lowest BCUT2D eigenvalue weighted by Crippen LogP contribution is -2.26. The molecule has 0 atom stereocenters. The number of hydrogen-bond acceptors (Lipinski definition) is 5. The van der Waals surface area contributed by atoms with Gasteiger partial charge in [-0.1, -0.05) is 28.1 Å². The molecular formula is C24H24BrF2N3O2. The van der Waals surface area contributed by atoms with Gasteiger partial charge in [0.05, 0.1) is 5.69 Å². The van der Waals surface area contributed by atoms with Crippen molar-refractivity contribution in [3.63, 3.8) is 0 Å². The summed E-state index contributed by atoms with van der Waals surface area (Å²) < 4.78 is 30.2. The molecule has 1 fully saturated rings. The number of anilines is 1. The number of hydrogen-bond donors (Lipinski definition) is 2. The number of aromatic nitrogens is 1. The molecule has 168 valence electrons. The molecule has 2 heterocycles. The fourth-order valence-corrected chi connectivity index (χ4v) is 4.18. The Kier molecular flexibility index (Phi) is 7.22. The second-order valence-electron chi connectivity index (χ2n) is 7.67. The van der Waals surface area contributed by atoms with Crippen LogP contribution in [0.25, 0.3) is 22.4 Å². The normalized spacial score (nSPS) is 14.1.